The maximum absolute atomic E-state index is 4.41. The van der Waals surface area contributed by atoms with E-state index in [2.05, 4.69) is 52.0 Å². The van der Waals surface area contributed by atoms with Gasteiger partial charge in [0.25, 0.3) is 0 Å². The first-order chi connectivity index (χ1) is 10.7. The zero-order valence-electron chi connectivity index (χ0n) is 13.2. The van der Waals surface area contributed by atoms with Crippen LogP contribution in [0.3, 0.4) is 0 Å². The fourth-order valence-corrected chi connectivity index (χ4v) is 4.11. The molecule has 1 saturated carbocycles. The number of rotatable bonds is 3. The highest BCUT2D eigenvalue weighted by molar-refractivity contribution is 7.15. The van der Waals surface area contributed by atoms with Gasteiger partial charge in [0.15, 0.2) is 0 Å². The van der Waals surface area contributed by atoms with Crippen molar-refractivity contribution in [3.63, 3.8) is 0 Å². The quantitative estimate of drug-likeness (QED) is 0.869. The van der Waals surface area contributed by atoms with Crippen LogP contribution in [0.4, 0.5) is 10.8 Å². The third-order valence-electron chi connectivity index (χ3n) is 4.61. The van der Waals surface area contributed by atoms with Crippen LogP contribution in [-0.4, -0.2) is 36.4 Å². The minimum Gasteiger partial charge on any atom is -0.368 e. The normalized spacial score (nSPS) is 18.8. The fourth-order valence-electron chi connectivity index (χ4n) is 3.05. The van der Waals surface area contributed by atoms with Gasteiger partial charge >= 0.3 is 0 Å². The zero-order chi connectivity index (χ0) is 15.1. The summed E-state index contributed by atoms with van der Waals surface area (Å²) in [6.45, 7) is 8.55. The van der Waals surface area contributed by atoms with E-state index in [4.69, 9.17) is 0 Å². The van der Waals surface area contributed by atoms with Crippen LogP contribution in [-0.2, 0) is 0 Å². The molecule has 4 nitrogen and oxygen atoms in total. The summed E-state index contributed by atoms with van der Waals surface area (Å²) in [7, 11) is 0. The molecule has 1 aromatic heterocycles. The van der Waals surface area contributed by atoms with Gasteiger partial charge in [-0.2, -0.15) is 0 Å². The molecule has 2 fully saturated rings. The first kappa shape index (κ1) is 14.0. The lowest BCUT2D eigenvalue weighted by molar-refractivity contribution is 0.648. The first-order valence-electron chi connectivity index (χ1n) is 8.11. The molecule has 2 aromatic rings. The predicted molar refractivity (Wildman–Crippen MR) is 92.2 cm³/mol. The summed E-state index contributed by atoms with van der Waals surface area (Å²) in [6.07, 6.45) is 2.60. The summed E-state index contributed by atoms with van der Waals surface area (Å²) in [6, 6.07) is 6.72. The molecule has 0 N–H and O–H groups in total. The van der Waals surface area contributed by atoms with Crippen LogP contribution in [0.5, 0.6) is 0 Å². The van der Waals surface area contributed by atoms with E-state index in [1.807, 2.05) is 0 Å². The number of benzene rings is 1. The van der Waals surface area contributed by atoms with Gasteiger partial charge < -0.3 is 9.80 Å². The summed E-state index contributed by atoms with van der Waals surface area (Å²) < 4.78 is 0. The van der Waals surface area contributed by atoms with Crippen molar-refractivity contribution >= 4 is 22.2 Å². The second-order valence-electron chi connectivity index (χ2n) is 6.46. The van der Waals surface area contributed by atoms with Crippen LogP contribution < -0.4 is 9.80 Å². The lowest BCUT2D eigenvalue weighted by atomic mass is 10.1. The lowest BCUT2D eigenvalue weighted by Crippen LogP contribution is -2.46. The molecule has 116 valence electrons. The minimum atomic E-state index is 0.711. The molecule has 1 aromatic carbocycles. The summed E-state index contributed by atoms with van der Waals surface area (Å²) in [4.78, 5) is 4.90. The Labute approximate surface area is 135 Å². The Morgan fingerprint density at radius 1 is 1.00 bits per heavy atom. The van der Waals surface area contributed by atoms with Crippen LogP contribution in [0.15, 0.2) is 18.2 Å². The van der Waals surface area contributed by atoms with E-state index in [-0.39, 0.29) is 0 Å². The first-order valence-corrected chi connectivity index (χ1v) is 8.93. The van der Waals surface area contributed by atoms with Crippen LogP contribution in [0.2, 0.25) is 0 Å². The van der Waals surface area contributed by atoms with E-state index < -0.39 is 0 Å². The molecule has 4 rings (SSSR count). The molecule has 0 radical (unpaired) electrons. The smallest absolute Gasteiger partial charge is 0.208 e. The highest BCUT2D eigenvalue weighted by atomic mass is 32.1. The number of hydrogen-bond donors (Lipinski definition) is 0. The molecule has 1 aliphatic carbocycles. The number of hydrogen-bond acceptors (Lipinski definition) is 5. The summed E-state index contributed by atoms with van der Waals surface area (Å²) in [5, 5.41) is 11.1. The Hall–Kier alpha value is -1.62. The SMILES string of the molecule is Cc1ccc(C)c(N2CCN(c3nnc(C4CC4)s3)CC2)c1. The number of anilines is 2. The molecule has 2 aliphatic rings. The van der Waals surface area contributed by atoms with E-state index in [0.717, 1.165) is 31.3 Å². The van der Waals surface area contributed by atoms with Crippen molar-refractivity contribution in [1.82, 2.24) is 10.2 Å². The van der Waals surface area contributed by atoms with Gasteiger partial charge in [-0.1, -0.05) is 23.5 Å². The Kier molecular flexibility index (Phi) is 3.53. The average molecular weight is 314 g/mol. The lowest BCUT2D eigenvalue weighted by Gasteiger charge is -2.36. The van der Waals surface area contributed by atoms with Gasteiger partial charge in [0.1, 0.15) is 5.01 Å². The van der Waals surface area contributed by atoms with Gasteiger partial charge in [0.05, 0.1) is 0 Å². The second kappa shape index (κ2) is 5.54. The van der Waals surface area contributed by atoms with E-state index in [1.165, 1.54) is 34.7 Å². The topological polar surface area (TPSA) is 32.3 Å². The van der Waals surface area contributed by atoms with Crippen molar-refractivity contribution in [1.29, 1.82) is 0 Å². The molecule has 22 heavy (non-hydrogen) atoms. The van der Waals surface area contributed by atoms with Gasteiger partial charge in [-0.25, -0.2) is 0 Å². The maximum atomic E-state index is 4.41. The monoisotopic (exact) mass is 314 g/mol. The summed E-state index contributed by atoms with van der Waals surface area (Å²) in [5.41, 5.74) is 4.09. The van der Waals surface area contributed by atoms with E-state index in [1.54, 1.807) is 11.3 Å². The number of aromatic nitrogens is 2. The Balaban J connectivity index is 1.44. The van der Waals surface area contributed by atoms with Crippen molar-refractivity contribution in [2.45, 2.75) is 32.6 Å². The van der Waals surface area contributed by atoms with Gasteiger partial charge in [0, 0.05) is 37.8 Å². The van der Waals surface area contributed by atoms with E-state index in [0.29, 0.717) is 5.92 Å². The molecule has 0 spiro atoms. The van der Waals surface area contributed by atoms with Crippen molar-refractivity contribution in [3.8, 4) is 0 Å². The summed E-state index contributed by atoms with van der Waals surface area (Å²) >= 11 is 1.80. The molecular formula is C17H22N4S. The van der Waals surface area contributed by atoms with E-state index in [9.17, 15) is 0 Å². The number of nitrogens with zero attached hydrogens (tertiary/aromatic N) is 4. The molecule has 0 atom stereocenters. The van der Waals surface area contributed by atoms with Crippen LogP contribution in [0.1, 0.15) is 34.9 Å². The molecule has 5 heteroatoms. The Morgan fingerprint density at radius 3 is 2.45 bits per heavy atom. The number of piperazine rings is 1. The van der Waals surface area contributed by atoms with Crippen molar-refractivity contribution < 1.29 is 0 Å². The van der Waals surface area contributed by atoms with Crippen LogP contribution >= 0.6 is 11.3 Å². The molecular weight excluding hydrogens is 292 g/mol. The Bertz CT molecular complexity index is 669. The molecule has 1 aliphatic heterocycles. The zero-order valence-corrected chi connectivity index (χ0v) is 14.1. The molecule has 0 unspecified atom stereocenters. The summed E-state index contributed by atoms with van der Waals surface area (Å²) in [5.74, 6) is 0.711. The standard InChI is InChI=1S/C17H22N4S/c1-12-3-4-13(2)15(11-12)20-7-9-21(10-8-20)17-19-18-16(22-17)14-5-6-14/h3-4,11,14H,5-10H2,1-2H3. The van der Waals surface area contributed by atoms with Crippen LogP contribution in [0.25, 0.3) is 0 Å². The van der Waals surface area contributed by atoms with Crippen LogP contribution in [0, 0.1) is 13.8 Å². The van der Waals surface area contributed by atoms with E-state index >= 15 is 0 Å². The number of aryl methyl sites for hydroxylation is 2. The highest BCUT2D eigenvalue weighted by Crippen LogP contribution is 2.42. The average Bonchev–Trinajstić information content (AvgIpc) is 3.27. The molecule has 0 amide bonds. The van der Waals surface area contributed by atoms with Gasteiger partial charge in [-0.05, 0) is 43.9 Å². The minimum absolute atomic E-state index is 0.711. The third kappa shape index (κ3) is 2.70. The van der Waals surface area contributed by atoms with Gasteiger partial charge in [0.2, 0.25) is 5.13 Å². The fraction of sp³-hybridized carbons (Fsp3) is 0.529. The Morgan fingerprint density at radius 2 is 1.73 bits per heavy atom. The second-order valence-corrected chi connectivity index (χ2v) is 7.45. The highest BCUT2D eigenvalue weighted by Gasteiger charge is 2.29. The molecule has 0 bridgehead atoms. The maximum Gasteiger partial charge on any atom is 0.208 e. The predicted octanol–water partition coefficient (Wildman–Crippen LogP) is 3.36. The van der Waals surface area contributed by atoms with Crippen molar-refractivity contribution in [2.75, 3.05) is 36.0 Å². The third-order valence-corrected chi connectivity index (χ3v) is 5.76. The van der Waals surface area contributed by atoms with Gasteiger partial charge in [-0.3, -0.25) is 0 Å². The van der Waals surface area contributed by atoms with Crippen molar-refractivity contribution in [3.05, 3.63) is 34.3 Å². The van der Waals surface area contributed by atoms with Crippen molar-refractivity contribution in [2.24, 2.45) is 0 Å². The molecule has 2 heterocycles. The van der Waals surface area contributed by atoms with Gasteiger partial charge in [-0.15, -0.1) is 10.2 Å². The molecule has 1 saturated heterocycles. The largest absolute Gasteiger partial charge is 0.368 e.